The van der Waals surface area contributed by atoms with Crippen molar-refractivity contribution >= 4 is 44.1 Å². The van der Waals surface area contributed by atoms with E-state index in [1.165, 1.54) is 11.3 Å². The van der Waals surface area contributed by atoms with Crippen LogP contribution in [-0.2, 0) is 10.8 Å². The number of alkyl halides is 3. The van der Waals surface area contributed by atoms with E-state index in [0.717, 1.165) is 23.1 Å². The first-order valence-electron chi connectivity index (χ1n) is 10.1. The highest BCUT2D eigenvalue weighted by Crippen LogP contribution is 2.36. The second-order valence-corrected chi connectivity index (χ2v) is 9.93. The second-order valence-electron chi connectivity index (χ2n) is 7.42. The van der Waals surface area contributed by atoms with Gasteiger partial charge in [0.1, 0.15) is 22.9 Å². The number of hydrogen-bond donors (Lipinski definition) is 2. The van der Waals surface area contributed by atoms with E-state index in [9.17, 15) is 17.4 Å². The Kier molecular flexibility index (Phi) is 7.99. The number of aromatic nitrogens is 4. The van der Waals surface area contributed by atoms with Crippen molar-refractivity contribution in [1.29, 1.82) is 0 Å². The van der Waals surface area contributed by atoms with Gasteiger partial charge in [-0.1, -0.05) is 13.3 Å². The van der Waals surface area contributed by atoms with Crippen LogP contribution in [0.3, 0.4) is 0 Å². The standard InChI is InChI=1S/C20H25F3N6OS2/c1-4-13(10-32(3)30)5-8-25-17-16(18-28-14-9-24-7-6-15(14)31-18)12(2)27-19(29-17)26-11-20(21,22)23/h6-7,9,13H,4-5,8,10-11H2,1-3H3,(H2,25,26,27,29). The van der Waals surface area contributed by atoms with Crippen molar-refractivity contribution in [2.24, 2.45) is 5.92 Å². The lowest BCUT2D eigenvalue weighted by atomic mass is 10.1. The highest BCUT2D eigenvalue weighted by Gasteiger charge is 2.27. The number of halogens is 3. The highest BCUT2D eigenvalue weighted by atomic mass is 32.2. The monoisotopic (exact) mass is 486 g/mol. The minimum absolute atomic E-state index is 0.101. The highest BCUT2D eigenvalue weighted by molar-refractivity contribution is 7.84. The molecule has 3 heterocycles. The molecule has 0 saturated heterocycles. The number of nitrogens with zero attached hydrogens (tertiary/aromatic N) is 4. The zero-order valence-electron chi connectivity index (χ0n) is 18.0. The molecule has 32 heavy (non-hydrogen) atoms. The maximum absolute atomic E-state index is 12.7. The van der Waals surface area contributed by atoms with E-state index in [0.29, 0.717) is 34.4 Å². The van der Waals surface area contributed by atoms with Crippen molar-refractivity contribution in [3.63, 3.8) is 0 Å². The number of pyridine rings is 1. The minimum atomic E-state index is -4.38. The summed E-state index contributed by atoms with van der Waals surface area (Å²) in [5.74, 6) is 1.20. The Hall–Kier alpha value is -2.34. The summed E-state index contributed by atoms with van der Waals surface area (Å²) < 4.78 is 50.5. The SMILES string of the molecule is CCC(CCNc1nc(NCC(F)(F)F)nc(C)c1-c1nc2cnccc2s1)CS(C)=O. The third-order valence-electron chi connectivity index (χ3n) is 4.83. The number of anilines is 2. The van der Waals surface area contributed by atoms with E-state index < -0.39 is 23.5 Å². The molecule has 174 valence electrons. The van der Waals surface area contributed by atoms with Crippen LogP contribution in [0.5, 0.6) is 0 Å². The molecule has 0 bridgehead atoms. The average Bonchev–Trinajstić information content (AvgIpc) is 3.14. The number of thiazole rings is 1. The van der Waals surface area contributed by atoms with Gasteiger partial charge in [0, 0.05) is 35.5 Å². The van der Waals surface area contributed by atoms with E-state index in [1.807, 2.05) is 13.0 Å². The summed E-state index contributed by atoms with van der Waals surface area (Å²) in [7, 11) is -0.889. The zero-order valence-corrected chi connectivity index (χ0v) is 19.6. The van der Waals surface area contributed by atoms with Crippen LogP contribution in [0.2, 0.25) is 0 Å². The van der Waals surface area contributed by atoms with Crippen LogP contribution in [0.25, 0.3) is 20.8 Å². The summed E-state index contributed by atoms with van der Waals surface area (Å²) in [6.07, 6.45) is 2.29. The molecule has 2 N–H and O–H groups in total. The first-order valence-corrected chi connectivity index (χ1v) is 12.6. The van der Waals surface area contributed by atoms with Gasteiger partial charge in [-0.2, -0.15) is 18.2 Å². The Morgan fingerprint density at radius 1 is 1.22 bits per heavy atom. The maximum Gasteiger partial charge on any atom is 0.405 e. The predicted molar refractivity (Wildman–Crippen MR) is 124 cm³/mol. The smallest absolute Gasteiger partial charge is 0.369 e. The summed E-state index contributed by atoms with van der Waals surface area (Å²) in [4.78, 5) is 17.3. The molecule has 0 aliphatic carbocycles. The molecule has 0 aromatic carbocycles. The van der Waals surface area contributed by atoms with Crippen LogP contribution in [0.15, 0.2) is 18.5 Å². The van der Waals surface area contributed by atoms with Crippen LogP contribution in [0, 0.1) is 12.8 Å². The van der Waals surface area contributed by atoms with Gasteiger partial charge in [0.2, 0.25) is 5.95 Å². The Morgan fingerprint density at radius 3 is 2.66 bits per heavy atom. The number of aryl methyl sites for hydroxylation is 1. The fourth-order valence-corrected chi connectivity index (χ4v) is 5.33. The lowest BCUT2D eigenvalue weighted by molar-refractivity contribution is -0.115. The molecule has 0 aliphatic heterocycles. The van der Waals surface area contributed by atoms with Crippen molar-refractivity contribution in [1.82, 2.24) is 19.9 Å². The van der Waals surface area contributed by atoms with Crippen molar-refractivity contribution in [3.8, 4) is 10.6 Å². The lowest BCUT2D eigenvalue weighted by Crippen LogP contribution is -2.23. The lowest BCUT2D eigenvalue weighted by Gasteiger charge is -2.17. The van der Waals surface area contributed by atoms with Gasteiger partial charge >= 0.3 is 6.18 Å². The van der Waals surface area contributed by atoms with Gasteiger partial charge in [-0.25, -0.2) is 9.97 Å². The molecule has 0 aliphatic rings. The first kappa shape index (κ1) is 24.3. The van der Waals surface area contributed by atoms with Crippen molar-refractivity contribution in [2.75, 3.05) is 35.7 Å². The van der Waals surface area contributed by atoms with Gasteiger partial charge in [0.05, 0.1) is 22.2 Å². The van der Waals surface area contributed by atoms with E-state index >= 15 is 0 Å². The third kappa shape index (κ3) is 6.58. The Balaban J connectivity index is 1.90. The topological polar surface area (TPSA) is 92.7 Å². The molecule has 12 heteroatoms. The van der Waals surface area contributed by atoms with Gasteiger partial charge in [0.25, 0.3) is 0 Å². The second kappa shape index (κ2) is 10.5. The summed E-state index contributed by atoms with van der Waals surface area (Å²) in [6.45, 7) is 3.08. The molecule has 0 spiro atoms. The molecule has 0 amide bonds. The van der Waals surface area contributed by atoms with E-state index in [2.05, 4.69) is 30.6 Å². The molecular formula is C20H25F3N6OS2. The molecule has 0 saturated carbocycles. The fourth-order valence-electron chi connectivity index (χ4n) is 3.23. The van der Waals surface area contributed by atoms with Crippen LogP contribution >= 0.6 is 11.3 Å². The van der Waals surface area contributed by atoms with Gasteiger partial charge in [-0.05, 0) is 25.3 Å². The number of rotatable bonds is 10. The number of fused-ring (bicyclic) bond motifs is 1. The van der Waals surface area contributed by atoms with Crippen LogP contribution in [-0.4, -0.2) is 55.4 Å². The van der Waals surface area contributed by atoms with Crippen LogP contribution < -0.4 is 10.6 Å². The average molecular weight is 487 g/mol. The summed E-state index contributed by atoms with van der Waals surface area (Å²) in [5.41, 5.74) is 1.89. The molecule has 2 unspecified atom stereocenters. The molecule has 2 atom stereocenters. The van der Waals surface area contributed by atoms with Crippen molar-refractivity contribution < 1.29 is 17.4 Å². The van der Waals surface area contributed by atoms with Crippen molar-refractivity contribution in [3.05, 3.63) is 24.2 Å². The predicted octanol–water partition coefficient (Wildman–Crippen LogP) is 4.64. The quantitative estimate of drug-likeness (QED) is 0.431. The summed E-state index contributed by atoms with van der Waals surface area (Å²) >= 11 is 1.44. The zero-order chi connectivity index (χ0) is 23.3. The van der Waals surface area contributed by atoms with E-state index in [-0.39, 0.29) is 11.9 Å². The molecule has 0 fully saturated rings. The van der Waals surface area contributed by atoms with Gasteiger partial charge in [-0.15, -0.1) is 11.3 Å². The van der Waals surface area contributed by atoms with E-state index in [4.69, 9.17) is 0 Å². The molecule has 3 rings (SSSR count). The van der Waals surface area contributed by atoms with Gasteiger partial charge < -0.3 is 10.6 Å². The van der Waals surface area contributed by atoms with Gasteiger partial charge in [-0.3, -0.25) is 9.19 Å². The maximum atomic E-state index is 12.7. The first-order chi connectivity index (χ1) is 15.2. The Bertz CT molecular complexity index is 1060. The number of hydrogen-bond acceptors (Lipinski definition) is 8. The normalized spacial score (nSPS) is 13.8. The number of nitrogens with one attached hydrogen (secondary N) is 2. The van der Waals surface area contributed by atoms with E-state index in [1.54, 1.807) is 25.6 Å². The molecule has 0 radical (unpaired) electrons. The van der Waals surface area contributed by atoms with Gasteiger partial charge in [0.15, 0.2) is 0 Å². The Morgan fingerprint density at radius 2 is 2.00 bits per heavy atom. The van der Waals surface area contributed by atoms with Crippen LogP contribution in [0.4, 0.5) is 24.9 Å². The fraction of sp³-hybridized carbons (Fsp3) is 0.500. The van der Waals surface area contributed by atoms with Crippen molar-refractivity contribution in [2.45, 2.75) is 32.9 Å². The third-order valence-corrected chi connectivity index (χ3v) is 6.83. The summed E-state index contributed by atoms with van der Waals surface area (Å²) in [6, 6.07) is 1.86. The molecular weight excluding hydrogens is 461 g/mol. The molecule has 3 aromatic heterocycles. The summed E-state index contributed by atoms with van der Waals surface area (Å²) in [5, 5.41) is 6.17. The van der Waals surface area contributed by atoms with Crippen LogP contribution in [0.1, 0.15) is 25.5 Å². The molecule has 7 nitrogen and oxygen atoms in total. The molecule has 3 aromatic rings. The minimum Gasteiger partial charge on any atom is -0.369 e. The Labute approximate surface area is 190 Å². The largest absolute Gasteiger partial charge is 0.405 e.